The maximum absolute atomic E-state index is 6.26. The molecule has 0 radical (unpaired) electrons. The smallest absolute Gasteiger partial charge is 0.0672 e. The van der Waals surface area contributed by atoms with E-state index in [0.29, 0.717) is 6.04 Å². The van der Waals surface area contributed by atoms with E-state index in [-0.39, 0.29) is 0 Å². The van der Waals surface area contributed by atoms with E-state index < -0.39 is 0 Å². The molecule has 0 unspecified atom stereocenters. The third kappa shape index (κ3) is 1.46. The van der Waals surface area contributed by atoms with Crippen molar-refractivity contribution in [3.05, 3.63) is 35.5 Å². The Balaban J connectivity index is 2.18. The van der Waals surface area contributed by atoms with Gasteiger partial charge in [-0.3, -0.25) is 0 Å². The fourth-order valence-corrected chi connectivity index (χ4v) is 2.94. The van der Waals surface area contributed by atoms with Crippen molar-refractivity contribution >= 4 is 22.5 Å². The number of benzene rings is 1. The molecule has 1 fully saturated rings. The molecule has 0 spiro atoms. The zero-order valence-electron chi connectivity index (χ0n) is 8.62. The van der Waals surface area contributed by atoms with Crippen molar-refractivity contribution in [1.29, 1.82) is 0 Å². The molecule has 1 heterocycles. The number of hydrogen-bond acceptors (Lipinski definition) is 0. The molecule has 1 saturated carbocycles. The largest absolute Gasteiger partial charge is 0.343 e. The van der Waals surface area contributed by atoms with E-state index >= 15 is 0 Å². The van der Waals surface area contributed by atoms with Crippen LogP contribution in [-0.2, 0) is 0 Å². The quantitative estimate of drug-likeness (QED) is 0.670. The molecule has 1 aromatic carbocycles. The summed E-state index contributed by atoms with van der Waals surface area (Å²) in [6.07, 6.45) is 7.50. The minimum atomic E-state index is 0.669. The van der Waals surface area contributed by atoms with Gasteiger partial charge in [-0.25, -0.2) is 0 Å². The van der Waals surface area contributed by atoms with E-state index in [1.807, 2.05) is 12.1 Å². The summed E-state index contributed by atoms with van der Waals surface area (Å²) in [6, 6.07) is 8.97. The molecular weight excluding hydrogens is 206 g/mol. The summed E-state index contributed by atoms with van der Waals surface area (Å²) in [7, 11) is 0. The van der Waals surface area contributed by atoms with Crippen LogP contribution in [0.2, 0.25) is 5.02 Å². The van der Waals surface area contributed by atoms with Crippen molar-refractivity contribution in [1.82, 2.24) is 4.57 Å². The molecule has 1 aromatic heterocycles. The number of para-hydroxylation sites is 1. The molecule has 2 aromatic rings. The number of aromatic nitrogens is 1. The van der Waals surface area contributed by atoms with Crippen LogP contribution in [0.3, 0.4) is 0 Å². The zero-order chi connectivity index (χ0) is 10.3. The molecule has 0 atom stereocenters. The molecule has 2 heteroatoms. The Bertz CT molecular complexity index is 480. The summed E-state index contributed by atoms with van der Waals surface area (Å²) in [5.41, 5.74) is 1.21. The fraction of sp³-hybridized carbons (Fsp3) is 0.385. The summed E-state index contributed by atoms with van der Waals surface area (Å²) < 4.78 is 2.37. The molecular formula is C13H14ClN. The van der Waals surface area contributed by atoms with Crippen LogP contribution < -0.4 is 0 Å². The highest BCUT2D eigenvalue weighted by atomic mass is 35.5. The van der Waals surface area contributed by atoms with Crippen LogP contribution in [0.1, 0.15) is 31.7 Å². The first kappa shape index (κ1) is 9.29. The highest BCUT2D eigenvalue weighted by Crippen LogP contribution is 2.34. The Morgan fingerprint density at radius 2 is 1.93 bits per heavy atom. The number of halogens is 1. The third-order valence-electron chi connectivity index (χ3n) is 3.41. The molecule has 0 aliphatic heterocycles. The summed E-state index contributed by atoms with van der Waals surface area (Å²) in [5.74, 6) is 0. The van der Waals surface area contributed by atoms with Crippen molar-refractivity contribution in [2.45, 2.75) is 31.7 Å². The van der Waals surface area contributed by atoms with Crippen LogP contribution in [-0.4, -0.2) is 4.57 Å². The first-order chi connectivity index (χ1) is 7.36. The second-order valence-electron chi connectivity index (χ2n) is 4.34. The summed E-state index contributed by atoms with van der Waals surface area (Å²) in [4.78, 5) is 0. The number of fused-ring (bicyclic) bond motifs is 1. The lowest BCUT2D eigenvalue weighted by atomic mass is 10.2. The average Bonchev–Trinajstić information content (AvgIpc) is 2.85. The Morgan fingerprint density at radius 3 is 2.73 bits per heavy atom. The van der Waals surface area contributed by atoms with Gasteiger partial charge in [-0.15, -0.1) is 0 Å². The summed E-state index contributed by atoms with van der Waals surface area (Å²) in [5, 5.41) is 2.14. The van der Waals surface area contributed by atoms with Crippen molar-refractivity contribution in [2.24, 2.45) is 0 Å². The highest BCUT2D eigenvalue weighted by molar-refractivity contribution is 6.35. The zero-order valence-corrected chi connectivity index (χ0v) is 9.37. The van der Waals surface area contributed by atoms with Gasteiger partial charge in [0.2, 0.25) is 0 Å². The molecule has 1 nitrogen and oxygen atoms in total. The lowest BCUT2D eigenvalue weighted by Gasteiger charge is -2.13. The molecule has 0 N–H and O–H groups in total. The number of hydrogen-bond donors (Lipinski definition) is 0. The van der Waals surface area contributed by atoms with Gasteiger partial charge >= 0.3 is 0 Å². The van der Waals surface area contributed by atoms with Gasteiger partial charge in [-0.2, -0.15) is 0 Å². The Hall–Kier alpha value is -0.950. The lowest BCUT2D eigenvalue weighted by Crippen LogP contribution is -2.02. The normalized spacial score (nSPS) is 17.7. The predicted molar refractivity (Wildman–Crippen MR) is 64.5 cm³/mol. The highest BCUT2D eigenvalue weighted by Gasteiger charge is 2.18. The minimum absolute atomic E-state index is 0.669. The van der Waals surface area contributed by atoms with E-state index in [0.717, 1.165) is 5.02 Å². The van der Waals surface area contributed by atoms with Gasteiger partial charge in [0.25, 0.3) is 0 Å². The Morgan fingerprint density at radius 1 is 1.13 bits per heavy atom. The van der Waals surface area contributed by atoms with E-state index in [4.69, 9.17) is 11.6 Å². The van der Waals surface area contributed by atoms with Gasteiger partial charge in [-0.1, -0.05) is 36.6 Å². The predicted octanol–water partition coefficient (Wildman–Crippen LogP) is 4.41. The molecule has 1 aliphatic rings. The average molecular weight is 220 g/mol. The maximum atomic E-state index is 6.26. The summed E-state index contributed by atoms with van der Waals surface area (Å²) >= 11 is 6.26. The van der Waals surface area contributed by atoms with E-state index in [1.54, 1.807) is 0 Å². The lowest BCUT2D eigenvalue weighted by molar-refractivity contribution is 0.536. The Kier molecular flexibility index (Phi) is 2.21. The van der Waals surface area contributed by atoms with Crippen molar-refractivity contribution in [3.8, 4) is 0 Å². The molecule has 3 rings (SSSR count). The fourth-order valence-electron chi connectivity index (χ4n) is 2.66. The molecule has 15 heavy (non-hydrogen) atoms. The molecule has 0 saturated heterocycles. The van der Waals surface area contributed by atoms with Crippen molar-refractivity contribution in [3.63, 3.8) is 0 Å². The molecule has 0 bridgehead atoms. The molecule has 78 valence electrons. The van der Waals surface area contributed by atoms with E-state index in [1.165, 1.54) is 36.6 Å². The number of rotatable bonds is 1. The van der Waals surface area contributed by atoms with Gasteiger partial charge in [-0.05, 0) is 25.0 Å². The van der Waals surface area contributed by atoms with Crippen LogP contribution in [0, 0.1) is 0 Å². The van der Waals surface area contributed by atoms with Crippen LogP contribution in [0.5, 0.6) is 0 Å². The third-order valence-corrected chi connectivity index (χ3v) is 3.71. The second kappa shape index (κ2) is 3.57. The van der Waals surface area contributed by atoms with Crippen LogP contribution in [0.15, 0.2) is 30.5 Å². The van der Waals surface area contributed by atoms with Crippen molar-refractivity contribution < 1.29 is 0 Å². The molecule has 1 aliphatic carbocycles. The van der Waals surface area contributed by atoms with Gasteiger partial charge in [0.1, 0.15) is 0 Å². The van der Waals surface area contributed by atoms with Gasteiger partial charge in [0, 0.05) is 17.6 Å². The van der Waals surface area contributed by atoms with Gasteiger partial charge in [0.15, 0.2) is 0 Å². The summed E-state index contributed by atoms with van der Waals surface area (Å²) in [6.45, 7) is 0. The van der Waals surface area contributed by atoms with E-state index in [2.05, 4.69) is 22.9 Å². The standard InChI is InChI=1S/C13H14ClN/c14-12-7-3-4-10-8-9-15(13(10)12)11-5-1-2-6-11/h3-4,7-9,11H,1-2,5-6H2. The topological polar surface area (TPSA) is 4.93 Å². The SMILES string of the molecule is Clc1cccc2ccn(C3CCCC3)c12. The van der Waals surface area contributed by atoms with Crippen LogP contribution >= 0.6 is 11.6 Å². The maximum Gasteiger partial charge on any atom is 0.0672 e. The van der Waals surface area contributed by atoms with Gasteiger partial charge in [0.05, 0.1) is 10.5 Å². The first-order valence-electron chi connectivity index (χ1n) is 5.61. The minimum Gasteiger partial charge on any atom is -0.343 e. The van der Waals surface area contributed by atoms with Crippen LogP contribution in [0.4, 0.5) is 0 Å². The second-order valence-corrected chi connectivity index (χ2v) is 4.75. The van der Waals surface area contributed by atoms with Crippen molar-refractivity contribution in [2.75, 3.05) is 0 Å². The van der Waals surface area contributed by atoms with Gasteiger partial charge < -0.3 is 4.57 Å². The monoisotopic (exact) mass is 219 g/mol. The number of nitrogens with zero attached hydrogens (tertiary/aromatic N) is 1. The molecule has 0 amide bonds. The first-order valence-corrected chi connectivity index (χ1v) is 5.99. The van der Waals surface area contributed by atoms with Crippen LogP contribution in [0.25, 0.3) is 10.9 Å². The van der Waals surface area contributed by atoms with E-state index in [9.17, 15) is 0 Å². The Labute approximate surface area is 94.7 Å².